The number of aromatic nitrogens is 2. The average Bonchev–Trinajstić information content (AvgIpc) is 3.16. The zero-order valence-corrected chi connectivity index (χ0v) is 14.3. The van der Waals surface area contributed by atoms with Gasteiger partial charge in [-0.25, -0.2) is 0 Å². The van der Waals surface area contributed by atoms with Crippen molar-refractivity contribution in [1.29, 1.82) is 0 Å². The van der Waals surface area contributed by atoms with Gasteiger partial charge in [0.15, 0.2) is 0 Å². The molecule has 24 heavy (non-hydrogen) atoms. The van der Waals surface area contributed by atoms with Crippen LogP contribution in [0.2, 0.25) is 0 Å². The van der Waals surface area contributed by atoms with Gasteiger partial charge in [-0.15, -0.1) is 0 Å². The number of hydrogen-bond donors (Lipinski definition) is 1. The van der Waals surface area contributed by atoms with E-state index in [1.807, 2.05) is 6.20 Å². The number of piperidine rings is 1. The third-order valence-corrected chi connectivity index (χ3v) is 5.88. The lowest BCUT2D eigenvalue weighted by Gasteiger charge is -2.44. The van der Waals surface area contributed by atoms with Crippen molar-refractivity contribution in [1.82, 2.24) is 20.0 Å². The largest absolute Gasteiger partial charge is 0.374 e. The molecule has 6 nitrogen and oxygen atoms in total. The molecule has 4 rings (SSSR count). The number of amides is 1. The highest BCUT2D eigenvalue weighted by Gasteiger charge is 2.37. The number of aromatic amines is 1. The molecule has 0 unspecified atom stereocenters. The minimum Gasteiger partial charge on any atom is -0.374 e. The van der Waals surface area contributed by atoms with E-state index in [1.54, 1.807) is 0 Å². The molecule has 0 bridgehead atoms. The van der Waals surface area contributed by atoms with Gasteiger partial charge < -0.3 is 9.64 Å². The van der Waals surface area contributed by atoms with Crippen molar-refractivity contribution in [2.24, 2.45) is 0 Å². The van der Waals surface area contributed by atoms with Crippen molar-refractivity contribution >= 4 is 5.91 Å². The predicted octanol–water partition coefficient (Wildman–Crippen LogP) is 1.76. The van der Waals surface area contributed by atoms with Crippen LogP contribution >= 0.6 is 0 Å². The van der Waals surface area contributed by atoms with Crippen LogP contribution in [0.1, 0.15) is 50.1 Å². The van der Waals surface area contributed by atoms with Crippen LogP contribution in [0.15, 0.2) is 12.3 Å². The molecule has 1 aromatic rings. The van der Waals surface area contributed by atoms with E-state index in [4.69, 9.17) is 4.74 Å². The molecule has 3 heterocycles. The maximum absolute atomic E-state index is 12.9. The number of nitrogens with one attached hydrogen (secondary N) is 1. The molecule has 1 aromatic heterocycles. The summed E-state index contributed by atoms with van der Waals surface area (Å²) in [6, 6.07) is 2.37. The molecular weight excluding hydrogens is 304 g/mol. The van der Waals surface area contributed by atoms with Crippen molar-refractivity contribution in [3.63, 3.8) is 0 Å². The number of hydrogen-bond acceptors (Lipinski definition) is 4. The second-order valence-electron chi connectivity index (χ2n) is 7.43. The van der Waals surface area contributed by atoms with Crippen LogP contribution in [0.3, 0.4) is 0 Å². The van der Waals surface area contributed by atoms with Crippen LogP contribution in [0.4, 0.5) is 0 Å². The number of likely N-dealkylation sites (tertiary alicyclic amines) is 1. The van der Waals surface area contributed by atoms with Gasteiger partial charge in [0.05, 0.1) is 25.3 Å². The maximum atomic E-state index is 12.9. The monoisotopic (exact) mass is 332 g/mol. The standard InChI is InChI=1S/C18H28N4O2/c23-18(22-10-11-24-17-6-2-1-5-16(17)22)13-21-9-3-4-14(12-21)15-7-8-19-20-15/h7-8,14,16-17H,1-6,9-13H2,(H,19,20)/t14-,16+,17+/m0/s1. The van der Waals surface area contributed by atoms with Crippen LogP contribution in [0.5, 0.6) is 0 Å². The minimum absolute atomic E-state index is 0.274. The van der Waals surface area contributed by atoms with Gasteiger partial charge in [-0.3, -0.25) is 14.8 Å². The Balaban J connectivity index is 1.36. The summed E-state index contributed by atoms with van der Waals surface area (Å²) in [5.41, 5.74) is 1.20. The fraction of sp³-hybridized carbons (Fsp3) is 0.778. The molecule has 2 saturated heterocycles. The summed E-state index contributed by atoms with van der Waals surface area (Å²) >= 11 is 0. The zero-order valence-electron chi connectivity index (χ0n) is 14.3. The number of carbonyl (C=O) groups is 1. The SMILES string of the molecule is O=C(CN1CCC[C@H](c2ccn[nH]2)C1)N1CCO[C@@H]2CCCC[C@H]21. The molecule has 3 aliphatic rings. The zero-order chi connectivity index (χ0) is 16.4. The highest BCUT2D eigenvalue weighted by atomic mass is 16.5. The quantitative estimate of drug-likeness (QED) is 0.916. The Morgan fingerprint density at radius 2 is 2.17 bits per heavy atom. The summed E-state index contributed by atoms with van der Waals surface area (Å²) in [4.78, 5) is 17.4. The smallest absolute Gasteiger partial charge is 0.237 e. The third-order valence-electron chi connectivity index (χ3n) is 5.88. The number of ether oxygens (including phenoxy) is 1. The molecule has 6 heteroatoms. The molecule has 132 valence electrons. The van der Waals surface area contributed by atoms with Crippen LogP contribution in [0, 0.1) is 0 Å². The fourth-order valence-electron chi connectivity index (χ4n) is 4.64. The second kappa shape index (κ2) is 7.23. The van der Waals surface area contributed by atoms with Gasteiger partial charge in [-0.1, -0.05) is 12.8 Å². The first kappa shape index (κ1) is 16.1. The van der Waals surface area contributed by atoms with Crippen LogP contribution in [-0.4, -0.2) is 70.8 Å². The summed E-state index contributed by atoms with van der Waals surface area (Å²) in [5, 5.41) is 7.16. The van der Waals surface area contributed by atoms with E-state index in [0.29, 0.717) is 31.0 Å². The second-order valence-corrected chi connectivity index (χ2v) is 7.43. The van der Waals surface area contributed by atoms with Crippen molar-refractivity contribution < 1.29 is 9.53 Å². The first-order valence-corrected chi connectivity index (χ1v) is 9.44. The van der Waals surface area contributed by atoms with Gasteiger partial charge in [0.1, 0.15) is 0 Å². The van der Waals surface area contributed by atoms with Crippen LogP contribution < -0.4 is 0 Å². The molecule has 2 aliphatic heterocycles. The molecule has 1 N–H and O–H groups in total. The van der Waals surface area contributed by atoms with Gasteiger partial charge >= 0.3 is 0 Å². The predicted molar refractivity (Wildman–Crippen MR) is 90.7 cm³/mol. The summed E-state index contributed by atoms with van der Waals surface area (Å²) in [7, 11) is 0. The Kier molecular flexibility index (Phi) is 4.85. The van der Waals surface area contributed by atoms with E-state index in [-0.39, 0.29) is 6.10 Å². The molecule has 3 atom stereocenters. The lowest BCUT2D eigenvalue weighted by atomic mass is 9.90. The van der Waals surface area contributed by atoms with Gasteiger partial charge in [0, 0.05) is 30.9 Å². The molecular formula is C18H28N4O2. The van der Waals surface area contributed by atoms with Gasteiger partial charge in [-0.2, -0.15) is 5.10 Å². The van der Waals surface area contributed by atoms with E-state index in [2.05, 4.69) is 26.1 Å². The van der Waals surface area contributed by atoms with Gasteiger partial charge in [-0.05, 0) is 38.3 Å². The summed E-state index contributed by atoms with van der Waals surface area (Å²) in [5.74, 6) is 0.765. The Morgan fingerprint density at radius 1 is 1.25 bits per heavy atom. The number of H-pyrrole nitrogens is 1. The maximum Gasteiger partial charge on any atom is 0.237 e. The molecule has 1 amide bonds. The first-order chi connectivity index (χ1) is 11.8. The lowest BCUT2D eigenvalue weighted by molar-refractivity contribution is -0.150. The topological polar surface area (TPSA) is 61.5 Å². The molecule has 0 spiro atoms. The van der Waals surface area contributed by atoms with E-state index in [0.717, 1.165) is 38.9 Å². The van der Waals surface area contributed by atoms with Crippen LogP contribution in [0.25, 0.3) is 0 Å². The van der Waals surface area contributed by atoms with E-state index < -0.39 is 0 Å². The lowest BCUT2D eigenvalue weighted by Crippen LogP contribution is -2.57. The molecule has 0 radical (unpaired) electrons. The molecule has 0 aromatic carbocycles. The third kappa shape index (κ3) is 3.35. The van der Waals surface area contributed by atoms with Gasteiger partial charge in [0.2, 0.25) is 5.91 Å². The van der Waals surface area contributed by atoms with Crippen LogP contribution in [-0.2, 0) is 9.53 Å². The molecule has 1 aliphatic carbocycles. The van der Waals surface area contributed by atoms with Crippen molar-refractivity contribution in [2.75, 3.05) is 32.8 Å². The Labute approximate surface area is 143 Å². The summed E-state index contributed by atoms with van der Waals surface area (Å²) in [6.45, 7) is 3.98. The number of morpholine rings is 1. The molecule has 1 saturated carbocycles. The van der Waals surface area contributed by atoms with E-state index in [1.165, 1.54) is 25.0 Å². The summed E-state index contributed by atoms with van der Waals surface area (Å²) < 4.78 is 5.90. The van der Waals surface area contributed by atoms with Crippen molar-refractivity contribution in [3.8, 4) is 0 Å². The fourth-order valence-corrected chi connectivity index (χ4v) is 4.64. The van der Waals surface area contributed by atoms with Gasteiger partial charge in [0.25, 0.3) is 0 Å². The Morgan fingerprint density at radius 3 is 3.04 bits per heavy atom. The highest BCUT2D eigenvalue weighted by Crippen LogP contribution is 2.29. The normalized spacial score (nSPS) is 31.7. The number of nitrogens with zero attached hydrogens (tertiary/aromatic N) is 3. The van der Waals surface area contributed by atoms with E-state index >= 15 is 0 Å². The first-order valence-electron chi connectivity index (χ1n) is 9.44. The van der Waals surface area contributed by atoms with Crippen molar-refractivity contribution in [3.05, 3.63) is 18.0 Å². The minimum atomic E-state index is 0.274. The van der Waals surface area contributed by atoms with E-state index in [9.17, 15) is 4.79 Å². The highest BCUT2D eigenvalue weighted by molar-refractivity contribution is 5.78. The van der Waals surface area contributed by atoms with Crippen molar-refractivity contribution in [2.45, 2.75) is 56.6 Å². The molecule has 3 fully saturated rings. The Bertz CT molecular complexity index is 545. The Hall–Kier alpha value is -1.40. The number of fused-ring (bicyclic) bond motifs is 1. The number of rotatable bonds is 3. The summed E-state index contributed by atoms with van der Waals surface area (Å²) in [6.07, 6.45) is 9.09. The number of carbonyl (C=O) groups excluding carboxylic acids is 1. The average molecular weight is 332 g/mol.